The third-order valence-corrected chi connectivity index (χ3v) is 5.54. The highest BCUT2D eigenvalue weighted by molar-refractivity contribution is 5.93. The van der Waals surface area contributed by atoms with E-state index < -0.39 is 0 Å². The Morgan fingerprint density at radius 3 is 2.73 bits per heavy atom. The molecular weight excluding hydrogens is 326 g/mol. The van der Waals surface area contributed by atoms with Gasteiger partial charge in [0.2, 0.25) is 0 Å². The number of hydrogen-bond acceptors (Lipinski definition) is 5. The van der Waals surface area contributed by atoms with Crippen molar-refractivity contribution in [2.75, 3.05) is 12.8 Å². The largest absolute Gasteiger partial charge is 0.496 e. The summed E-state index contributed by atoms with van der Waals surface area (Å²) in [6.07, 6.45) is 4.43. The Morgan fingerprint density at radius 1 is 1.23 bits per heavy atom. The lowest BCUT2D eigenvalue weighted by Gasteiger charge is -2.17. The zero-order valence-electron chi connectivity index (χ0n) is 15.8. The molecule has 4 rings (SSSR count). The number of anilines is 1. The van der Waals surface area contributed by atoms with Crippen molar-refractivity contribution < 1.29 is 9.26 Å². The summed E-state index contributed by atoms with van der Waals surface area (Å²) in [6.45, 7) is 6.17. The van der Waals surface area contributed by atoms with E-state index in [0.717, 1.165) is 52.1 Å². The van der Waals surface area contributed by atoms with Gasteiger partial charge in [0.05, 0.1) is 23.9 Å². The quantitative estimate of drug-likeness (QED) is 0.682. The van der Waals surface area contributed by atoms with E-state index in [4.69, 9.17) is 20.0 Å². The second-order valence-electron chi connectivity index (χ2n) is 7.42. The van der Waals surface area contributed by atoms with Gasteiger partial charge in [0.15, 0.2) is 0 Å². The van der Waals surface area contributed by atoms with E-state index in [1.54, 1.807) is 7.11 Å². The van der Waals surface area contributed by atoms with E-state index >= 15 is 0 Å². The topological polar surface area (TPSA) is 74.2 Å². The number of rotatable bonds is 2. The van der Waals surface area contributed by atoms with Crippen LogP contribution in [0.15, 0.2) is 16.7 Å². The van der Waals surface area contributed by atoms with Crippen LogP contribution in [0.25, 0.3) is 22.0 Å². The molecule has 0 aliphatic heterocycles. The summed E-state index contributed by atoms with van der Waals surface area (Å²) >= 11 is 0. The number of nitrogens with two attached hydrogens (primary N) is 1. The highest BCUT2D eigenvalue weighted by Gasteiger charge is 2.22. The molecule has 0 bridgehead atoms. The zero-order chi connectivity index (χ0) is 18.4. The average Bonchev–Trinajstić information content (AvgIpc) is 2.81. The van der Waals surface area contributed by atoms with Gasteiger partial charge in [-0.25, -0.2) is 4.98 Å². The van der Waals surface area contributed by atoms with E-state index in [2.05, 4.69) is 24.2 Å². The van der Waals surface area contributed by atoms with Crippen LogP contribution in [0.1, 0.15) is 42.3 Å². The van der Waals surface area contributed by atoms with Crippen LogP contribution in [-0.2, 0) is 12.8 Å². The predicted molar refractivity (Wildman–Crippen MR) is 103 cm³/mol. The molecule has 2 N–H and O–H groups in total. The standard InChI is InChI=1S/C21H25N3O2/c1-11-6-5-7-14-15(8-11)16-10-19(25-4)17(9-18(16)23-21(14)22)20-12(2)24-26-13(20)3/h9-11H,5-8H2,1-4H3,(H2,22,23). The van der Waals surface area contributed by atoms with Gasteiger partial charge in [-0.2, -0.15) is 0 Å². The van der Waals surface area contributed by atoms with Crippen molar-refractivity contribution in [3.63, 3.8) is 0 Å². The van der Waals surface area contributed by atoms with E-state index in [0.29, 0.717) is 11.7 Å². The number of benzene rings is 1. The molecule has 0 saturated carbocycles. The third-order valence-electron chi connectivity index (χ3n) is 5.54. The summed E-state index contributed by atoms with van der Waals surface area (Å²) in [6, 6.07) is 4.17. The fourth-order valence-electron chi connectivity index (χ4n) is 4.24. The molecule has 1 atom stereocenters. The molecule has 2 aromatic heterocycles. The summed E-state index contributed by atoms with van der Waals surface area (Å²) in [4.78, 5) is 4.73. The van der Waals surface area contributed by atoms with Gasteiger partial charge in [-0.05, 0) is 62.3 Å². The Bertz CT molecular complexity index is 971. The van der Waals surface area contributed by atoms with E-state index in [1.807, 2.05) is 13.8 Å². The first-order valence-corrected chi connectivity index (χ1v) is 9.21. The Balaban J connectivity index is 2.02. The Hall–Kier alpha value is -2.56. The van der Waals surface area contributed by atoms with Crippen LogP contribution in [0, 0.1) is 19.8 Å². The fourth-order valence-corrected chi connectivity index (χ4v) is 4.24. The minimum atomic E-state index is 0.648. The predicted octanol–water partition coefficient (Wildman–Crippen LogP) is 4.61. The molecular formula is C21H25N3O2. The van der Waals surface area contributed by atoms with Crippen LogP contribution >= 0.6 is 0 Å². The summed E-state index contributed by atoms with van der Waals surface area (Å²) < 4.78 is 11.1. The number of ether oxygens (including phenoxy) is 1. The first kappa shape index (κ1) is 16.9. The summed E-state index contributed by atoms with van der Waals surface area (Å²) in [5.74, 6) is 2.90. The molecule has 1 aliphatic rings. The van der Waals surface area contributed by atoms with Crippen molar-refractivity contribution in [1.82, 2.24) is 10.1 Å². The van der Waals surface area contributed by atoms with E-state index in [1.165, 1.54) is 24.0 Å². The number of hydrogen-bond donors (Lipinski definition) is 1. The molecule has 0 radical (unpaired) electrons. The minimum Gasteiger partial charge on any atom is -0.496 e. The molecule has 136 valence electrons. The van der Waals surface area contributed by atoms with Crippen LogP contribution in [-0.4, -0.2) is 17.3 Å². The van der Waals surface area contributed by atoms with Gasteiger partial charge in [-0.3, -0.25) is 0 Å². The van der Waals surface area contributed by atoms with E-state index in [9.17, 15) is 0 Å². The number of nitrogen functional groups attached to an aromatic ring is 1. The maximum absolute atomic E-state index is 6.35. The molecule has 3 aromatic rings. The van der Waals surface area contributed by atoms with Crippen molar-refractivity contribution in [3.05, 3.63) is 34.7 Å². The van der Waals surface area contributed by atoms with Crippen LogP contribution in [0.2, 0.25) is 0 Å². The van der Waals surface area contributed by atoms with Crippen LogP contribution < -0.4 is 10.5 Å². The SMILES string of the molecule is COc1cc2c3c(c(N)nc2cc1-c1c(C)noc1C)CCCC(C)C3. The molecule has 0 fully saturated rings. The second-order valence-corrected chi connectivity index (χ2v) is 7.42. The summed E-state index contributed by atoms with van der Waals surface area (Å²) in [5, 5.41) is 5.23. The molecule has 2 heterocycles. The number of methoxy groups -OCH3 is 1. The summed E-state index contributed by atoms with van der Waals surface area (Å²) in [5.41, 5.74) is 12.6. The van der Waals surface area contributed by atoms with Crippen LogP contribution in [0.5, 0.6) is 5.75 Å². The van der Waals surface area contributed by atoms with Gasteiger partial charge in [0.25, 0.3) is 0 Å². The number of aryl methyl sites for hydroxylation is 2. The maximum Gasteiger partial charge on any atom is 0.141 e. The Kier molecular flexibility index (Phi) is 4.10. The highest BCUT2D eigenvalue weighted by atomic mass is 16.5. The Labute approximate surface area is 153 Å². The lowest BCUT2D eigenvalue weighted by molar-refractivity contribution is 0.393. The first-order chi connectivity index (χ1) is 12.5. The van der Waals surface area contributed by atoms with Gasteiger partial charge >= 0.3 is 0 Å². The van der Waals surface area contributed by atoms with Crippen LogP contribution in [0.4, 0.5) is 5.82 Å². The number of nitrogens with zero attached hydrogens (tertiary/aromatic N) is 2. The molecule has 26 heavy (non-hydrogen) atoms. The maximum atomic E-state index is 6.35. The second kappa shape index (κ2) is 6.31. The van der Waals surface area contributed by atoms with Gasteiger partial charge < -0.3 is 15.0 Å². The van der Waals surface area contributed by atoms with Gasteiger partial charge in [0.1, 0.15) is 17.3 Å². The Morgan fingerprint density at radius 2 is 2.04 bits per heavy atom. The fraction of sp³-hybridized carbons (Fsp3) is 0.429. The van der Waals surface area contributed by atoms with Crippen molar-refractivity contribution in [2.45, 2.75) is 46.5 Å². The van der Waals surface area contributed by atoms with Crippen LogP contribution in [0.3, 0.4) is 0 Å². The van der Waals surface area contributed by atoms with Gasteiger partial charge in [-0.15, -0.1) is 0 Å². The molecule has 0 saturated heterocycles. The lowest BCUT2D eigenvalue weighted by Crippen LogP contribution is -2.05. The smallest absolute Gasteiger partial charge is 0.141 e. The van der Waals surface area contributed by atoms with E-state index in [-0.39, 0.29) is 0 Å². The third kappa shape index (κ3) is 2.62. The van der Waals surface area contributed by atoms with Crippen molar-refractivity contribution in [1.29, 1.82) is 0 Å². The van der Waals surface area contributed by atoms with Crippen molar-refractivity contribution >= 4 is 16.7 Å². The molecule has 1 aliphatic carbocycles. The zero-order valence-corrected chi connectivity index (χ0v) is 15.8. The monoisotopic (exact) mass is 351 g/mol. The number of fused-ring (bicyclic) bond motifs is 3. The normalized spacial score (nSPS) is 17.2. The number of aromatic nitrogens is 2. The van der Waals surface area contributed by atoms with Gasteiger partial charge in [0, 0.05) is 10.9 Å². The molecule has 0 spiro atoms. The average molecular weight is 351 g/mol. The minimum absolute atomic E-state index is 0.648. The molecule has 1 aromatic carbocycles. The van der Waals surface area contributed by atoms with Crippen molar-refractivity contribution in [3.8, 4) is 16.9 Å². The molecule has 5 heteroatoms. The lowest BCUT2D eigenvalue weighted by atomic mass is 9.93. The highest BCUT2D eigenvalue weighted by Crippen LogP contribution is 2.40. The molecule has 1 unspecified atom stereocenters. The number of pyridine rings is 1. The summed E-state index contributed by atoms with van der Waals surface area (Å²) in [7, 11) is 1.70. The molecule has 0 amide bonds. The molecule has 5 nitrogen and oxygen atoms in total. The van der Waals surface area contributed by atoms with Crippen molar-refractivity contribution in [2.24, 2.45) is 5.92 Å². The first-order valence-electron chi connectivity index (χ1n) is 9.21. The van der Waals surface area contributed by atoms with Gasteiger partial charge in [-0.1, -0.05) is 18.5 Å².